The Morgan fingerprint density at radius 1 is 1.20 bits per heavy atom. The van der Waals surface area contributed by atoms with E-state index in [1.165, 1.54) is 51.9 Å². The van der Waals surface area contributed by atoms with Gasteiger partial charge in [-0.15, -0.1) is 23.1 Å². The number of anilines is 1. The molecule has 0 unspecified atom stereocenters. The van der Waals surface area contributed by atoms with Gasteiger partial charge in [0.15, 0.2) is 5.82 Å². The molecule has 0 aromatic heterocycles. The Kier molecular flexibility index (Phi) is 7.43. The summed E-state index contributed by atoms with van der Waals surface area (Å²) in [5.41, 5.74) is 0.624. The maximum Gasteiger partial charge on any atom is 0.354 e. The Bertz CT molecular complexity index is 1160. The summed E-state index contributed by atoms with van der Waals surface area (Å²) in [4.78, 5) is 17.5. The van der Waals surface area contributed by atoms with E-state index in [4.69, 9.17) is 11.6 Å². The zero-order chi connectivity index (χ0) is 21.9. The lowest BCUT2D eigenvalue weighted by atomic mass is 10.3. The molecular weight excluding hydrogens is 469 g/mol. The third kappa shape index (κ3) is 4.99. The molecule has 0 saturated heterocycles. The number of aromatic nitrogens is 2. The van der Waals surface area contributed by atoms with Crippen LogP contribution in [0.2, 0.25) is 5.02 Å². The second-order valence-electron chi connectivity index (χ2n) is 6.62. The lowest BCUT2D eigenvalue weighted by Crippen LogP contribution is -2.17. The van der Waals surface area contributed by atoms with Crippen molar-refractivity contribution in [3.63, 3.8) is 0 Å². The maximum atomic E-state index is 12.8. The van der Waals surface area contributed by atoms with E-state index in [0.29, 0.717) is 22.8 Å². The maximum absolute atomic E-state index is 12.8. The van der Waals surface area contributed by atoms with Crippen molar-refractivity contribution in [2.75, 3.05) is 17.1 Å². The summed E-state index contributed by atoms with van der Waals surface area (Å²) >= 11 is 8.85. The predicted molar refractivity (Wildman–Crippen MR) is 121 cm³/mol. The lowest BCUT2D eigenvalue weighted by Gasteiger charge is -2.16. The standard InChI is InChI=1S/C19H21ClFN3O3S3/c1-12-13(2)29-18(28-11-5-3-4-10-21)16-17(22-19(25)24(12)16)23-30(26,27)15-8-6-14(20)7-9-15/h6-9H,3-5,10-11H2,1-2H3,(H,22,23,25). The largest absolute Gasteiger partial charge is 0.354 e. The first kappa shape index (κ1) is 23.1. The minimum atomic E-state index is -3.95. The molecule has 3 rings (SSSR count). The molecule has 1 aromatic carbocycles. The summed E-state index contributed by atoms with van der Waals surface area (Å²) in [6.07, 6.45) is 2.12. The van der Waals surface area contributed by atoms with E-state index in [1.807, 2.05) is 6.92 Å². The van der Waals surface area contributed by atoms with Crippen LogP contribution >= 0.6 is 34.7 Å². The quantitative estimate of drug-likeness (QED) is 0.336. The average molecular weight is 490 g/mol. The molecule has 0 atom stereocenters. The number of unbranched alkanes of at least 4 members (excludes halogenated alkanes) is 2. The first-order chi connectivity index (χ1) is 14.2. The molecule has 30 heavy (non-hydrogen) atoms. The van der Waals surface area contributed by atoms with Crippen molar-refractivity contribution < 1.29 is 12.8 Å². The molecule has 2 aliphatic rings. The number of hydrogen-bond donors (Lipinski definition) is 1. The van der Waals surface area contributed by atoms with Gasteiger partial charge in [0.25, 0.3) is 10.0 Å². The molecule has 1 N–H and O–H groups in total. The number of thioether (sulfide) groups is 1. The average Bonchev–Trinajstić information content (AvgIpc) is 3.01. The van der Waals surface area contributed by atoms with E-state index in [0.717, 1.165) is 27.7 Å². The first-order valence-corrected chi connectivity index (χ1v) is 12.9. The number of benzene rings is 1. The van der Waals surface area contributed by atoms with Gasteiger partial charge in [-0.25, -0.2) is 13.2 Å². The van der Waals surface area contributed by atoms with Gasteiger partial charge in [-0.2, -0.15) is 4.98 Å². The Morgan fingerprint density at radius 3 is 2.57 bits per heavy atom. The van der Waals surface area contributed by atoms with Crippen LogP contribution in [-0.2, 0) is 10.0 Å². The fourth-order valence-electron chi connectivity index (χ4n) is 2.83. The van der Waals surface area contributed by atoms with Crippen molar-refractivity contribution in [3.8, 4) is 5.69 Å². The Hall–Kier alpha value is -1.62. The number of halogens is 2. The molecule has 0 fully saturated rings. The molecular formula is C19H21ClFN3O3S3. The van der Waals surface area contributed by atoms with Gasteiger partial charge in [0, 0.05) is 15.6 Å². The fourth-order valence-corrected chi connectivity index (χ4v) is 6.48. The number of fused-ring (bicyclic) bond motifs is 1. The molecule has 0 aliphatic carbocycles. The van der Waals surface area contributed by atoms with Crippen molar-refractivity contribution in [1.29, 1.82) is 0 Å². The molecule has 2 aliphatic heterocycles. The Balaban J connectivity index is 1.98. The van der Waals surface area contributed by atoms with Crippen LogP contribution in [-0.4, -0.2) is 30.4 Å². The van der Waals surface area contributed by atoms with E-state index < -0.39 is 15.7 Å². The van der Waals surface area contributed by atoms with Crippen LogP contribution in [0.5, 0.6) is 0 Å². The number of nitrogens with one attached hydrogen (secondary N) is 1. The van der Waals surface area contributed by atoms with Gasteiger partial charge in [0.1, 0.15) is 5.69 Å². The highest BCUT2D eigenvalue weighted by Crippen LogP contribution is 2.38. The van der Waals surface area contributed by atoms with Crippen LogP contribution in [0.3, 0.4) is 0 Å². The number of hydrogen-bond acceptors (Lipinski definition) is 6. The number of sulfonamides is 1. The molecule has 2 heterocycles. The van der Waals surface area contributed by atoms with Crippen LogP contribution in [0.15, 0.2) is 38.2 Å². The normalized spacial score (nSPS) is 11.9. The Morgan fingerprint density at radius 2 is 1.90 bits per heavy atom. The second-order valence-corrected chi connectivity index (χ2v) is 11.3. The molecule has 1 aromatic rings. The number of rotatable bonds is 9. The molecule has 11 heteroatoms. The van der Waals surface area contributed by atoms with Gasteiger partial charge >= 0.3 is 5.69 Å². The number of aryl methyl sites for hydroxylation is 1. The molecule has 162 valence electrons. The van der Waals surface area contributed by atoms with Gasteiger partial charge in [-0.1, -0.05) is 18.0 Å². The third-order valence-electron chi connectivity index (χ3n) is 4.50. The predicted octanol–water partition coefficient (Wildman–Crippen LogP) is 5.03. The molecule has 0 radical (unpaired) electrons. The second kappa shape index (κ2) is 9.67. The van der Waals surface area contributed by atoms with E-state index in [9.17, 15) is 17.6 Å². The third-order valence-corrected chi connectivity index (χ3v) is 8.64. The zero-order valence-corrected chi connectivity index (χ0v) is 19.7. The molecule has 0 amide bonds. The van der Waals surface area contributed by atoms with Gasteiger partial charge in [-0.3, -0.25) is 13.7 Å². The van der Waals surface area contributed by atoms with E-state index >= 15 is 0 Å². The fraction of sp³-hybridized carbons (Fsp3) is 0.368. The smallest absolute Gasteiger partial charge is 0.261 e. The molecule has 0 bridgehead atoms. The summed E-state index contributed by atoms with van der Waals surface area (Å²) in [5.74, 6) is 0.734. The van der Waals surface area contributed by atoms with Crippen LogP contribution in [0.1, 0.15) is 29.8 Å². The number of imidazole rings is 1. The van der Waals surface area contributed by atoms with Gasteiger partial charge in [0.05, 0.1) is 15.8 Å². The van der Waals surface area contributed by atoms with E-state index in [1.54, 1.807) is 6.92 Å². The van der Waals surface area contributed by atoms with Gasteiger partial charge in [0.2, 0.25) is 0 Å². The summed E-state index contributed by atoms with van der Waals surface area (Å²) in [6.45, 7) is 3.37. The minimum absolute atomic E-state index is 0.000517. The minimum Gasteiger partial charge on any atom is -0.261 e. The van der Waals surface area contributed by atoms with Crippen molar-refractivity contribution >= 4 is 50.5 Å². The van der Waals surface area contributed by atoms with Crippen molar-refractivity contribution in [3.05, 3.63) is 50.3 Å². The lowest BCUT2D eigenvalue weighted by molar-refractivity contribution is 0.460. The monoisotopic (exact) mass is 489 g/mol. The van der Waals surface area contributed by atoms with Gasteiger partial charge < -0.3 is 0 Å². The SMILES string of the molecule is Cc1sc(SCCCCCF)c2c(NS(=O)(=O)c3ccc(Cl)cc3)nc(=O)n-2c1C. The van der Waals surface area contributed by atoms with Crippen LogP contribution in [0.25, 0.3) is 5.69 Å². The highest BCUT2D eigenvalue weighted by molar-refractivity contribution is 8.01. The Labute approximate surface area is 187 Å². The highest BCUT2D eigenvalue weighted by Gasteiger charge is 2.26. The topological polar surface area (TPSA) is 81.1 Å². The summed E-state index contributed by atoms with van der Waals surface area (Å²) < 4.78 is 42.6. The van der Waals surface area contributed by atoms with Crippen molar-refractivity contribution in [2.24, 2.45) is 0 Å². The molecule has 0 saturated carbocycles. The zero-order valence-electron chi connectivity index (χ0n) is 16.4. The van der Waals surface area contributed by atoms with Crippen LogP contribution in [0, 0.1) is 13.8 Å². The number of nitrogens with zero attached hydrogens (tertiary/aromatic N) is 2. The summed E-state index contributed by atoms with van der Waals surface area (Å²) in [5, 5.41) is 0.419. The first-order valence-electron chi connectivity index (χ1n) is 9.24. The highest BCUT2D eigenvalue weighted by atomic mass is 35.5. The van der Waals surface area contributed by atoms with Crippen molar-refractivity contribution in [2.45, 2.75) is 42.2 Å². The van der Waals surface area contributed by atoms with Crippen molar-refractivity contribution in [1.82, 2.24) is 9.55 Å². The van der Waals surface area contributed by atoms with Gasteiger partial charge in [-0.05, 0) is 56.7 Å². The summed E-state index contributed by atoms with van der Waals surface area (Å²) in [7, 11) is -3.95. The summed E-state index contributed by atoms with van der Waals surface area (Å²) in [6, 6.07) is 5.74. The van der Waals surface area contributed by atoms with Crippen LogP contribution < -0.4 is 10.4 Å². The number of alkyl halides is 1. The molecule has 0 spiro atoms. The van der Waals surface area contributed by atoms with E-state index in [2.05, 4.69) is 9.71 Å². The van der Waals surface area contributed by atoms with Crippen LogP contribution in [0.4, 0.5) is 10.2 Å². The van der Waals surface area contributed by atoms with E-state index in [-0.39, 0.29) is 17.4 Å². The molecule has 6 nitrogen and oxygen atoms in total.